The Morgan fingerprint density at radius 3 is 1.88 bits per heavy atom. The number of aliphatic imine (C=N–C) groups is 1. The van der Waals surface area contributed by atoms with Gasteiger partial charge in [-0.15, -0.1) is 0 Å². The molecule has 2 aliphatic rings. The molecular weight excluding hydrogens is 507 g/mol. The van der Waals surface area contributed by atoms with Crippen LogP contribution in [0, 0.1) is 0 Å². The number of rotatable bonds is 4. The Balaban J connectivity index is 1.57. The minimum Gasteiger partial charge on any atom is -0.504 e. The zero-order valence-electron chi connectivity index (χ0n) is 21.1. The van der Waals surface area contributed by atoms with Crippen molar-refractivity contribution in [1.82, 2.24) is 4.48 Å². The molecule has 194 valence electrons. The molecule has 5 nitrogen and oxygen atoms in total. The first-order chi connectivity index (χ1) is 19.4. The highest BCUT2D eigenvalue weighted by Gasteiger charge is 2.53. The fourth-order valence-corrected chi connectivity index (χ4v) is 5.50. The number of hydrogen-bond acceptors (Lipinski definition) is 3. The number of fused-ring (bicyclic) bond motifs is 2. The average Bonchev–Trinajstić information content (AvgIpc) is 3.57. The summed E-state index contributed by atoms with van der Waals surface area (Å²) in [5.41, 5.74) is 4.17. The first-order valence-corrected chi connectivity index (χ1v) is 12.9. The predicted molar refractivity (Wildman–Crippen MR) is 154 cm³/mol. The number of phenolic OH excluding ortho intramolecular Hbond substituents is 2. The van der Waals surface area contributed by atoms with Gasteiger partial charge in [-0.25, -0.2) is 0 Å². The summed E-state index contributed by atoms with van der Waals surface area (Å²) in [6, 6.07) is 33.5. The second kappa shape index (κ2) is 8.91. The molecule has 0 saturated carbocycles. The molecule has 0 aliphatic carbocycles. The molecule has 0 amide bonds. The van der Waals surface area contributed by atoms with Crippen molar-refractivity contribution >= 4 is 29.9 Å². The topological polar surface area (TPSA) is 60.8 Å². The Labute approximate surface area is 229 Å². The van der Waals surface area contributed by atoms with Crippen LogP contribution in [0.5, 0.6) is 11.5 Å². The van der Waals surface area contributed by atoms with Gasteiger partial charge in [-0.3, -0.25) is 0 Å². The molecule has 1 aromatic heterocycles. The van der Waals surface area contributed by atoms with Crippen molar-refractivity contribution in [3.8, 4) is 33.9 Å². The molecule has 0 bridgehead atoms. The maximum Gasteiger partial charge on any atom is 0.642 e. The molecule has 5 aromatic rings. The number of allylic oxidation sites excluding steroid dienone is 1. The van der Waals surface area contributed by atoms with E-state index < -0.39 is 6.97 Å². The van der Waals surface area contributed by atoms with Crippen LogP contribution < -0.4 is 0 Å². The molecule has 2 aliphatic heterocycles. The van der Waals surface area contributed by atoms with Crippen molar-refractivity contribution in [2.75, 3.05) is 0 Å². The second-order valence-corrected chi connectivity index (χ2v) is 9.78. The fraction of sp³-hybridized carbons (Fsp3) is 0. The lowest BCUT2D eigenvalue weighted by atomic mass is 9.91. The third-order valence-corrected chi connectivity index (χ3v) is 7.36. The molecule has 0 fully saturated rings. The number of phenols is 2. The highest BCUT2D eigenvalue weighted by molar-refractivity contribution is 6.63. The van der Waals surface area contributed by atoms with Gasteiger partial charge in [0.1, 0.15) is 0 Å². The van der Waals surface area contributed by atoms with Crippen LogP contribution in [-0.2, 0) is 0 Å². The first-order valence-electron chi connectivity index (χ1n) is 12.9. The molecular formula is C32H22BF2N3O2. The molecule has 0 unspecified atom stereocenters. The summed E-state index contributed by atoms with van der Waals surface area (Å²) in [7, 11) is 0. The van der Waals surface area contributed by atoms with Crippen LogP contribution >= 0.6 is 0 Å². The van der Waals surface area contributed by atoms with E-state index in [9.17, 15) is 10.2 Å². The maximum absolute atomic E-state index is 17.1. The van der Waals surface area contributed by atoms with E-state index in [1.54, 1.807) is 42.5 Å². The monoisotopic (exact) mass is 529 g/mol. The number of benzene rings is 4. The van der Waals surface area contributed by atoms with E-state index in [1.807, 2.05) is 66.7 Å². The van der Waals surface area contributed by atoms with Crippen molar-refractivity contribution in [3.05, 3.63) is 132 Å². The van der Waals surface area contributed by atoms with E-state index >= 15 is 8.63 Å². The molecule has 2 N–H and O–H groups in total. The largest absolute Gasteiger partial charge is 0.642 e. The molecule has 0 atom stereocenters. The second-order valence-electron chi connectivity index (χ2n) is 9.78. The number of nitrogens with zero attached hydrogens (tertiary/aromatic N) is 3. The average molecular weight is 529 g/mol. The Kier molecular flexibility index (Phi) is 5.32. The van der Waals surface area contributed by atoms with Crippen LogP contribution in [0.3, 0.4) is 0 Å². The fourth-order valence-electron chi connectivity index (χ4n) is 5.50. The normalized spacial score (nSPS) is 15.3. The summed E-state index contributed by atoms with van der Waals surface area (Å²) >= 11 is 0. The summed E-state index contributed by atoms with van der Waals surface area (Å²) in [6.45, 7) is -4.43. The first kappa shape index (κ1) is 23.9. The SMILES string of the molecule is Oc1ccc(-c2cc(-c3ccccc3)n3c2N=C2C(c4ccccc4)=CC(c4ccccc4)=[N+]2[B-]3(F)F)cc1O. The molecule has 0 saturated heterocycles. The summed E-state index contributed by atoms with van der Waals surface area (Å²) in [5.74, 6) is -0.397. The van der Waals surface area contributed by atoms with Crippen LogP contribution in [0.4, 0.5) is 14.4 Å². The summed E-state index contributed by atoms with van der Waals surface area (Å²) in [4.78, 5) is 4.92. The highest BCUT2D eigenvalue weighted by atomic mass is 19.2. The van der Waals surface area contributed by atoms with Gasteiger partial charge in [0.2, 0.25) is 5.82 Å². The zero-order valence-corrected chi connectivity index (χ0v) is 21.1. The Bertz CT molecular complexity index is 1880. The number of aromatic nitrogens is 1. The Morgan fingerprint density at radius 2 is 1.25 bits per heavy atom. The van der Waals surface area contributed by atoms with E-state index in [-0.39, 0.29) is 23.2 Å². The lowest BCUT2D eigenvalue weighted by molar-refractivity contribution is -0.291. The van der Waals surface area contributed by atoms with Crippen molar-refractivity contribution < 1.29 is 23.3 Å². The van der Waals surface area contributed by atoms with Crippen molar-refractivity contribution in [1.29, 1.82) is 0 Å². The van der Waals surface area contributed by atoms with E-state index in [1.165, 1.54) is 12.1 Å². The van der Waals surface area contributed by atoms with Crippen molar-refractivity contribution in [2.24, 2.45) is 4.99 Å². The van der Waals surface area contributed by atoms with Gasteiger partial charge in [0, 0.05) is 16.8 Å². The van der Waals surface area contributed by atoms with Gasteiger partial charge in [-0.2, -0.15) is 0 Å². The highest BCUT2D eigenvalue weighted by Crippen LogP contribution is 2.46. The Hall–Kier alpha value is -5.24. The molecule has 40 heavy (non-hydrogen) atoms. The number of hydrogen-bond donors (Lipinski definition) is 2. The lowest BCUT2D eigenvalue weighted by Crippen LogP contribution is -2.53. The smallest absolute Gasteiger partial charge is 0.504 e. The molecule has 7 rings (SSSR count). The Morgan fingerprint density at radius 1 is 0.650 bits per heavy atom. The van der Waals surface area contributed by atoms with Gasteiger partial charge < -0.3 is 27.8 Å². The number of halogens is 2. The van der Waals surface area contributed by atoms with E-state index in [0.29, 0.717) is 39.2 Å². The molecule has 0 radical (unpaired) electrons. The summed E-state index contributed by atoms with van der Waals surface area (Å²) < 4.78 is 36.3. The standard InChI is InChI=1S/C32H22BF2N3O2/c34-33(35)37-27(22-12-6-2-7-13-22)19-25(21-10-4-1-5-11-21)31(37)36-32-26(24-16-17-29(39)30(40)18-24)20-28(38(32)33)23-14-8-3-9-15-23/h1-20,39-40H. The quantitative estimate of drug-likeness (QED) is 0.193. The van der Waals surface area contributed by atoms with Crippen LogP contribution in [-0.4, -0.2) is 37.7 Å². The van der Waals surface area contributed by atoms with E-state index in [0.717, 1.165) is 14.5 Å². The van der Waals surface area contributed by atoms with Crippen molar-refractivity contribution in [3.63, 3.8) is 0 Å². The third kappa shape index (κ3) is 3.60. The van der Waals surface area contributed by atoms with Gasteiger partial charge >= 0.3 is 6.97 Å². The minimum absolute atomic E-state index is 0.0799. The number of amidine groups is 1. The van der Waals surface area contributed by atoms with E-state index in [2.05, 4.69) is 0 Å². The minimum atomic E-state index is -4.43. The lowest BCUT2D eigenvalue weighted by Gasteiger charge is -2.32. The van der Waals surface area contributed by atoms with Crippen molar-refractivity contribution in [2.45, 2.75) is 0 Å². The number of aromatic hydroxyl groups is 2. The van der Waals surface area contributed by atoms with Gasteiger partial charge in [-0.05, 0) is 46.0 Å². The van der Waals surface area contributed by atoms with Gasteiger partial charge in [0.15, 0.2) is 11.5 Å². The van der Waals surface area contributed by atoms with Crippen LogP contribution in [0.2, 0.25) is 0 Å². The summed E-state index contributed by atoms with van der Waals surface area (Å²) in [5, 5.41) is 20.1. The predicted octanol–water partition coefficient (Wildman–Crippen LogP) is 7.10. The molecule has 8 heteroatoms. The van der Waals surface area contributed by atoms with Gasteiger partial charge in [0.25, 0.3) is 5.84 Å². The molecule has 4 aromatic carbocycles. The molecule has 3 heterocycles. The van der Waals surface area contributed by atoms with Gasteiger partial charge in [-0.1, -0.05) is 97.1 Å². The third-order valence-electron chi connectivity index (χ3n) is 7.36. The van der Waals surface area contributed by atoms with Crippen LogP contribution in [0.1, 0.15) is 11.1 Å². The van der Waals surface area contributed by atoms with Gasteiger partial charge in [0.05, 0.1) is 11.3 Å². The molecule has 0 spiro atoms. The maximum atomic E-state index is 17.1. The zero-order chi connectivity index (χ0) is 27.4. The van der Waals surface area contributed by atoms with E-state index in [4.69, 9.17) is 4.99 Å². The van der Waals surface area contributed by atoms with Crippen LogP contribution in [0.15, 0.2) is 126 Å². The summed E-state index contributed by atoms with van der Waals surface area (Å²) in [6.07, 6.45) is 1.78. The van der Waals surface area contributed by atoms with Crippen LogP contribution in [0.25, 0.3) is 28.0 Å².